The first-order valence-electron chi connectivity index (χ1n) is 8.16. The lowest BCUT2D eigenvalue weighted by Gasteiger charge is -2.23. The molecule has 0 aromatic rings. The molecule has 0 saturated carbocycles. The van der Waals surface area contributed by atoms with Crippen molar-refractivity contribution in [1.29, 1.82) is 0 Å². The van der Waals surface area contributed by atoms with E-state index in [0.29, 0.717) is 18.9 Å². The fraction of sp³-hybridized carbons (Fsp3) is 0.875. The normalized spacial score (nSPS) is 29.8. The Hall–Kier alpha value is -1.10. The van der Waals surface area contributed by atoms with Crippen LogP contribution in [0.5, 0.6) is 0 Å². The van der Waals surface area contributed by atoms with Crippen LogP contribution in [0.15, 0.2) is 0 Å². The highest BCUT2D eigenvalue weighted by Crippen LogP contribution is 2.41. The van der Waals surface area contributed by atoms with Crippen LogP contribution in [0.1, 0.15) is 52.9 Å². The lowest BCUT2D eigenvalue weighted by Crippen LogP contribution is -2.43. The maximum Gasteiger partial charge on any atom is 0.308 e. The Morgan fingerprint density at radius 1 is 1.24 bits per heavy atom. The molecule has 2 bridgehead atoms. The Balaban J connectivity index is 1.80. The largest absolute Gasteiger partial charge is 0.481 e. The Morgan fingerprint density at radius 2 is 1.95 bits per heavy atom. The van der Waals surface area contributed by atoms with E-state index in [1.54, 1.807) is 0 Å². The zero-order valence-electron chi connectivity index (χ0n) is 13.3. The highest BCUT2D eigenvalue weighted by molar-refractivity contribution is 5.79. The molecular formula is C16H28N2O3. The van der Waals surface area contributed by atoms with E-state index in [-0.39, 0.29) is 30.0 Å². The number of rotatable bonds is 7. The second-order valence-electron chi connectivity index (χ2n) is 7.09. The molecule has 0 spiro atoms. The molecule has 5 heteroatoms. The third-order valence-corrected chi connectivity index (χ3v) is 4.91. The zero-order valence-corrected chi connectivity index (χ0v) is 13.3. The van der Waals surface area contributed by atoms with Gasteiger partial charge in [-0.05, 0) is 44.9 Å². The summed E-state index contributed by atoms with van der Waals surface area (Å²) in [6, 6.07) is 0.535. The maximum absolute atomic E-state index is 12.1. The molecule has 2 aliphatic rings. The summed E-state index contributed by atoms with van der Waals surface area (Å²) in [5.41, 5.74) is 0. The Kier molecular flexibility index (Phi) is 5.25. The number of hydrogen-bond donors (Lipinski definition) is 2. The lowest BCUT2D eigenvalue weighted by molar-refractivity contribution is -0.143. The fourth-order valence-electron chi connectivity index (χ4n) is 3.75. The van der Waals surface area contributed by atoms with Crippen LogP contribution in [0, 0.1) is 11.8 Å². The number of nitrogens with one attached hydrogen (secondary N) is 1. The third kappa shape index (κ3) is 3.96. The molecule has 4 unspecified atom stereocenters. The standard InChI is InChI=1S/C16H28N2O3/c1-10(2)4-5-11(3)17-15(19)9-18-12-6-7-14(18)13(8-12)16(20)21/h10-14H,4-9H2,1-3H3,(H,17,19)(H,20,21). The topological polar surface area (TPSA) is 69.6 Å². The smallest absolute Gasteiger partial charge is 0.308 e. The zero-order chi connectivity index (χ0) is 15.6. The average Bonchev–Trinajstić information content (AvgIpc) is 2.93. The Morgan fingerprint density at radius 3 is 2.52 bits per heavy atom. The molecule has 2 saturated heterocycles. The molecular weight excluding hydrogens is 268 g/mol. The summed E-state index contributed by atoms with van der Waals surface area (Å²) >= 11 is 0. The van der Waals surface area contributed by atoms with Crippen molar-refractivity contribution in [2.75, 3.05) is 6.54 Å². The number of carboxylic acid groups (broad SMARTS) is 1. The van der Waals surface area contributed by atoms with Gasteiger partial charge in [-0.15, -0.1) is 0 Å². The first-order chi connectivity index (χ1) is 9.88. The molecule has 2 aliphatic heterocycles. The fourth-order valence-corrected chi connectivity index (χ4v) is 3.75. The quantitative estimate of drug-likeness (QED) is 0.752. The summed E-state index contributed by atoms with van der Waals surface area (Å²) in [5.74, 6) is -0.308. The first kappa shape index (κ1) is 16.3. The average molecular weight is 296 g/mol. The SMILES string of the molecule is CC(C)CCC(C)NC(=O)CN1C2CCC1C(C(=O)O)C2. The van der Waals surface area contributed by atoms with Gasteiger partial charge in [-0.25, -0.2) is 0 Å². The number of carboxylic acids is 1. The lowest BCUT2D eigenvalue weighted by atomic mass is 9.89. The van der Waals surface area contributed by atoms with E-state index in [1.807, 2.05) is 6.92 Å². The van der Waals surface area contributed by atoms with Crippen LogP contribution in [-0.4, -0.2) is 46.6 Å². The van der Waals surface area contributed by atoms with Crippen LogP contribution < -0.4 is 5.32 Å². The van der Waals surface area contributed by atoms with E-state index in [2.05, 4.69) is 24.1 Å². The van der Waals surface area contributed by atoms with Gasteiger partial charge in [-0.1, -0.05) is 13.8 Å². The third-order valence-electron chi connectivity index (χ3n) is 4.91. The molecule has 120 valence electrons. The van der Waals surface area contributed by atoms with Gasteiger partial charge >= 0.3 is 5.97 Å². The minimum absolute atomic E-state index is 0.0363. The predicted molar refractivity (Wildman–Crippen MR) is 80.9 cm³/mol. The molecule has 4 atom stereocenters. The van der Waals surface area contributed by atoms with Crippen LogP contribution in [0.4, 0.5) is 0 Å². The van der Waals surface area contributed by atoms with E-state index in [9.17, 15) is 14.7 Å². The molecule has 0 aromatic heterocycles. The molecule has 5 nitrogen and oxygen atoms in total. The molecule has 2 heterocycles. The number of nitrogens with zero attached hydrogens (tertiary/aromatic N) is 1. The van der Waals surface area contributed by atoms with Gasteiger partial charge < -0.3 is 10.4 Å². The molecule has 0 aliphatic carbocycles. The van der Waals surface area contributed by atoms with Crippen molar-refractivity contribution < 1.29 is 14.7 Å². The van der Waals surface area contributed by atoms with Crippen LogP contribution in [0.2, 0.25) is 0 Å². The second-order valence-corrected chi connectivity index (χ2v) is 7.09. The molecule has 21 heavy (non-hydrogen) atoms. The first-order valence-corrected chi connectivity index (χ1v) is 8.16. The van der Waals surface area contributed by atoms with Crippen molar-refractivity contribution >= 4 is 11.9 Å². The van der Waals surface area contributed by atoms with E-state index < -0.39 is 5.97 Å². The van der Waals surface area contributed by atoms with Crippen molar-refractivity contribution in [1.82, 2.24) is 10.2 Å². The molecule has 0 radical (unpaired) electrons. The van der Waals surface area contributed by atoms with Gasteiger partial charge in [-0.3, -0.25) is 14.5 Å². The highest BCUT2D eigenvalue weighted by Gasteiger charge is 2.49. The number of aliphatic carboxylic acids is 1. The Bertz CT molecular complexity index is 397. The van der Waals surface area contributed by atoms with Crippen LogP contribution >= 0.6 is 0 Å². The number of hydrogen-bond acceptors (Lipinski definition) is 3. The number of fused-ring (bicyclic) bond motifs is 2. The van der Waals surface area contributed by atoms with E-state index in [1.165, 1.54) is 0 Å². The van der Waals surface area contributed by atoms with Crippen LogP contribution in [-0.2, 0) is 9.59 Å². The van der Waals surface area contributed by atoms with Crippen molar-refractivity contribution in [3.8, 4) is 0 Å². The summed E-state index contributed by atoms with van der Waals surface area (Å²) in [6.45, 7) is 6.76. The summed E-state index contributed by atoms with van der Waals surface area (Å²) < 4.78 is 0. The van der Waals surface area contributed by atoms with Gasteiger partial charge in [0, 0.05) is 18.1 Å². The minimum atomic E-state index is -0.710. The maximum atomic E-state index is 12.1. The van der Waals surface area contributed by atoms with Crippen molar-refractivity contribution in [3.05, 3.63) is 0 Å². The predicted octanol–water partition coefficient (Wildman–Crippen LogP) is 1.86. The van der Waals surface area contributed by atoms with Crippen LogP contribution in [0.25, 0.3) is 0 Å². The van der Waals surface area contributed by atoms with Gasteiger partial charge in [0.2, 0.25) is 5.91 Å². The highest BCUT2D eigenvalue weighted by atomic mass is 16.4. The monoisotopic (exact) mass is 296 g/mol. The minimum Gasteiger partial charge on any atom is -0.481 e. The summed E-state index contributed by atoms with van der Waals surface area (Å²) in [4.78, 5) is 25.5. The number of carbonyl (C=O) groups excluding carboxylic acids is 1. The van der Waals surface area contributed by atoms with E-state index in [4.69, 9.17) is 0 Å². The summed E-state index contributed by atoms with van der Waals surface area (Å²) in [5, 5.41) is 12.3. The summed E-state index contributed by atoms with van der Waals surface area (Å²) in [7, 11) is 0. The summed E-state index contributed by atoms with van der Waals surface area (Å²) in [6.07, 6.45) is 4.75. The van der Waals surface area contributed by atoms with Crippen LogP contribution in [0.3, 0.4) is 0 Å². The Labute approximate surface area is 127 Å². The van der Waals surface area contributed by atoms with Crippen molar-refractivity contribution in [2.24, 2.45) is 11.8 Å². The van der Waals surface area contributed by atoms with Crippen molar-refractivity contribution in [2.45, 2.75) is 71.0 Å². The van der Waals surface area contributed by atoms with E-state index >= 15 is 0 Å². The van der Waals surface area contributed by atoms with Gasteiger partial charge in [-0.2, -0.15) is 0 Å². The van der Waals surface area contributed by atoms with Gasteiger partial charge in [0.15, 0.2) is 0 Å². The molecule has 1 amide bonds. The van der Waals surface area contributed by atoms with Gasteiger partial charge in [0.05, 0.1) is 12.5 Å². The number of carbonyl (C=O) groups is 2. The molecule has 0 aromatic carbocycles. The molecule has 2 fully saturated rings. The van der Waals surface area contributed by atoms with Gasteiger partial charge in [0.25, 0.3) is 0 Å². The molecule has 2 N–H and O–H groups in total. The number of amides is 1. The van der Waals surface area contributed by atoms with Gasteiger partial charge in [0.1, 0.15) is 0 Å². The van der Waals surface area contributed by atoms with Crippen molar-refractivity contribution in [3.63, 3.8) is 0 Å². The second kappa shape index (κ2) is 6.77. The molecule has 2 rings (SSSR count). The van der Waals surface area contributed by atoms with E-state index in [0.717, 1.165) is 25.7 Å².